The Balaban J connectivity index is 1.77. The number of nitrogens with zero attached hydrogens (tertiary/aromatic N) is 2. The second kappa shape index (κ2) is 11.4. The molecule has 1 aliphatic heterocycles. The first-order chi connectivity index (χ1) is 16.9. The van der Waals surface area contributed by atoms with Gasteiger partial charge in [-0.05, 0) is 57.9 Å². The first-order valence-corrected chi connectivity index (χ1v) is 12.7. The van der Waals surface area contributed by atoms with Crippen molar-refractivity contribution in [2.45, 2.75) is 65.1 Å². The van der Waals surface area contributed by atoms with E-state index in [-0.39, 0.29) is 49.6 Å². The van der Waals surface area contributed by atoms with Gasteiger partial charge in [-0.1, -0.05) is 48.3 Å². The summed E-state index contributed by atoms with van der Waals surface area (Å²) in [5.74, 6) is -1.29. The minimum Gasteiger partial charge on any atom is -0.350 e. The van der Waals surface area contributed by atoms with Gasteiger partial charge in [0.2, 0.25) is 11.8 Å². The Morgan fingerprint density at radius 2 is 1.53 bits per heavy atom. The molecule has 2 aromatic rings. The van der Waals surface area contributed by atoms with Crippen LogP contribution in [0.1, 0.15) is 73.2 Å². The number of amides is 4. The van der Waals surface area contributed by atoms with E-state index < -0.39 is 11.6 Å². The molecule has 2 aromatic carbocycles. The highest BCUT2D eigenvalue weighted by atomic mass is 35.5. The summed E-state index contributed by atoms with van der Waals surface area (Å²) in [6, 6.07) is 11.0. The molecule has 1 unspecified atom stereocenters. The molecule has 0 spiro atoms. The fraction of sp³-hybridized carbons (Fsp3) is 0.407. The molecule has 7 nitrogen and oxygen atoms in total. The summed E-state index contributed by atoms with van der Waals surface area (Å²) in [5, 5.41) is 3.75. The molecule has 1 atom stereocenters. The van der Waals surface area contributed by atoms with E-state index in [1.54, 1.807) is 42.5 Å². The molecule has 1 aliphatic rings. The normalized spacial score (nSPS) is 14.0. The van der Waals surface area contributed by atoms with Crippen LogP contribution in [-0.2, 0) is 16.1 Å². The number of nitrogens with one attached hydrogen (secondary N) is 1. The summed E-state index contributed by atoms with van der Waals surface area (Å²) in [6.45, 7) is 7.61. The maximum atomic E-state index is 13.5. The number of hydrogen-bond donors (Lipinski definition) is 1. The van der Waals surface area contributed by atoms with Crippen molar-refractivity contribution < 1.29 is 19.2 Å². The minimum absolute atomic E-state index is 0.0365. The highest BCUT2D eigenvalue weighted by molar-refractivity contribution is 6.36. The zero-order valence-corrected chi connectivity index (χ0v) is 22.4. The minimum atomic E-state index is -0.747. The zero-order valence-electron chi connectivity index (χ0n) is 20.9. The molecule has 0 radical (unpaired) electrons. The number of rotatable bonds is 9. The molecule has 192 valence electrons. The van der Waals surface area contributed by atoms with Gasteiger partial charge < -0.3 is 10.2 Å². The SMILES string of the molecule is CCC(C(=O)NC(C)(C)C)N(Cc1c(Cl)cccc1Cl)C(=O)CCCN1C(=O)c2ccccc2C1=O. The third-order valence-electron chi connectivity index (χ3n) is 5.92. The van der Waals surface area contributed by atoms with Crippen LogP contribution in [-0.4, -0.2) is 51.6 Å². The third kappa shape index (κ3) is 6.26. The molecule has 0 aromatic heterocycles. The van der Waals surface area contributed by atoms with Gasteiger partial charge in [0.05, 0.1) is 11.1 Å². The van der Waals surface area contributed by atoms with Crippen LogP contribution in [0, 0.1) is 0 Å². The number of carbonyl (C=O) groups excluding carboxylic acids is 4. The number of hydrogen-bond acceptors (Lipinski definition) is 4. The molecule has 4 amide bonds. The van der Waals surface area contributed by atoms with Gasteiger partial charge in [-0.15, -0.1) is 0 Å². The molecule has 3 rings (SSSR count). The summed E-state index contributed by atoms with van der Waals surface area (Å²) in [6.07, 6.45) is 0.678. The number of imide groups is 1. The molecule has 0 saturated heterocycles. The Morgan fingerprint density at radius 3 is 2.03 bits per heavy atom. The molecule has 0 aliphatic carbocycles. The second-order valence-electron chi connectivity index (χ2n) is 9.80. The van der Waals surface area contributed by atoms with Crippen molar-refractivity contribution in [3.05, 3.63) is 69.2 Å². The Bertz CT molecular complexity index is 1120. The van der Waals surface area contributed by atoms with Crippen LogP contribution in [0.25, 0.3) is 0 Å². The Labute approximate surface area is 221 Å². The first-order valence-electron chi connectivity index (χ1n) is 11.9. The quantitative estimate of drug-likeness (QED) is 0.456. The average Bonchev–Trinajstić information content (AvgIpc) is 3.04. The summed E-state index contributed by atoms with van der Waals surface area (Å²) >= 11 is 12.7. The number of benzene rings is 2. The van der Waals surface area contributed by atoms with Gasteiger partial charge in [0, 0.05) is 40.7 Å². The van der Waals surface area contributed by atoms with Crippen LogP contribution in [0.3, 0.4) is 0 Å². The van der Waals surface area contributed by atoms with E-state index in [4.69, 9.17) is 23.2 Å². The van der Waals surface area contributed by atoms with Crippen molar-refractivity contribution in [1.82, 2.24) is 15.1 Å². The van der Waals surface area contributed by atoms with Gasteiger partial charge in [0.1, 0.15) is 6.04 Å². The Hall–Kier alpha value is -2.90. The van der Waals surface area contributed by atoms with E-state index in [0.29, 0.717) is 33.2 Å². The lowest BCUT2D eigenvalue weighted by molar-refractivity contribution is -0.142. The maximum Gasteiger partial charge on any atom is 0.261 e. The Morgan fingerprint density at radius 1 is 0.972 bits per heavy atom. The fourth-order valence-electron chi connectivity index (χ4n) is 4.20. The van der Waals surface area contributed by atoms with E-state index in [9.17, 15) is 19.2 Å². The van der Waals surface area contributed by atoms with Crippen LogP contribution < -0.4 is 5.32 Å². The molecule has 1 N–H and O–H groups in total. The van der Waals surface area contributed by atoms with E-state index in [1.807, 2.05) is 27.7 Å². The second-order valence-corrected chi connectivity index (χ2v) is 10.6. The zero-order chi connectivity index (χ0) is 26.6. The molecular weight excluding hydrogens is 501 g/mol. The van der Waals surface area contributed by atoms with Crippen LogP contribution in [0.5, 0.6) is 0 Å². The predicted octanol–water partition coefficient (Wildman–Crippen LogP) is 5.09. The van der Waals surface area contributed by atoms with Crippen LogP contribution in [0.4, 0.5) is 0 Å². The average molecular weight is 532 g/mol. The fourth-order valence-corrected chi connectivity index (χ4v) is 4.72. The smallest absolute Gasteiger partial charge is 0.261 e. The maximum absolute atomic E-state index is 13.5. The molecule has 1 heterocycles. The molecule has 0 bridgehead atoms. The van der Waals surface area contributed by atoms with E-state index in [0.717, 1.165) is 4.90 Å². The van der Waals surface area contributed by atoms with Gasteiger partial charge in [-0.2, -0.15) is 0 Å². The Kier molecular flexibility index (Phi) is 8.80. The van der Waals surface area contributed by atoms with Crippen molar-refractivity contribution in [3.63, 3.8) is 0 Å². The number of carbonyl (C=O) groups is 4. The van der Waals surface area contributed by atoms with Gasteiger partial charge in [-0.25, -0.2) is 0 Å². The highest BCUT2D eigenvalue weighted by Gasteiger charge is 2.35. The van der Waals surface area contributed by atoms with E-state index >= 15 is 0 Å². The van der Waals surface area contributed by atoms with Gasteiger partial charge in [0.25, 0.3) is 11.8 Å². The molecule has 0 saturated carbocycles. The lowest BCUT2D eigenvalue weighted by Crippen LogP contribution is -2.53. The van der Waals surface area contributed by atoms with Gasteiger partial charge in [-0.3, -0.25) is 24.1 Å². The standard InChI is InChI=1S/C27H31Cl2N3O4/c1-5-22(24(34)30-27(2,3)4)32(16-19-20(28)12-8-13-21(19)29)23(33)14-9-15-31-25(35)17-10-6-7-11-18(17)26(31)36/h6-8,10-13,22H,5,9,14-16H2,1-4H3,(H,30,34). The third-order valence-corrected chi connectivity index (χ3v) is 6.63. The lowest BCUT2D eigenvalue weighted by atomic mass is 10.0. The molecular formula is C27H31Cl2N3O4. The predicted molar refractivity (Wildman–Crippen MR) is 140 cm³/mol. The van der Waals surface area contributed by atoms with E-state index in [2.05, 4.69) is 5.32 Å². The lowest BCUT2D eigenvalue weighted by Gasteiger charge is -2.33. The van der Waals surface area contributed by atoms with Gasteiger partial charge in [0.15, 0.2) is 0 Å². The largest absolute Gasteiger partial charge is 0.350 e. The highest BCUT2D eigenvalue weighted by Crippen LogP contribution is 2.28. The van der Waals surface area contributed by atoms with Crippen LogP contribution >= 0.6 is 23.2 Å². The van der Waals surface area contributed by atoms with Gasteiger partial charge >= 0.3 is 0 Å². The summed E-state index contributed by atoms with van der Waals surface area (Å²) in [7, 11) is 0. The summed E-state index contributed by atoms with van der Waals surface area (Å²) in [4.78, 5) is 54.5. The number of fused-ring (bicyclic) bond motifs is 1. The molecule has 9 heteroatoms. The summed E-state index contributed by atoms with van der Waals surface area (Å²) < 4.78 is 0. The van der Waals surface area contributed by atoms with Crippen molar-refractivity contribution in [2.24, 2.45) is 0 Å². The molecule has 0 fully saturated rings. The van der Waals surface area contributed by atoms with E-state index in [1.165, 1.54) is 4.90 Å². The van der Waals surface area contributed by atoms with Crippen molar-refractivity contribution in [3.8, 4) is 0 Å². The van der Waals surface area contributed by atoms with Crippen LogP contribution in [0.2, 0.25) is 10.0 Å². The van der Waals surface area contributed by atoms with Crippen molar-refractivity contribution in [2.75, 3.05) is 6.54 Å². The van der Waals surface area contributed by atoms with Crippen LogP contribution in [0.15, 0.2) is 42.5 Å². The van der Waals surface area contributed by atoms with Crippen molar-refractivity contribution >= 4 is 46.8 Å². The summed E-state index contributed by atoms with van der Waals surface area (Å²) in [5.41, 5.74) is 0.811. The van der Waals surface area contributed by atoms with Crippen molar-refractivity contribution in [1.29, 1.82) is 0 Å². The first kappa shape index (κ1) is 27.7. The topological polar surface area (TPSA) is 86.8 Å². The monoisotopic (exact) mass is 531 g/mol. The number of halogens is 2. The molecule has 36 heavy (non-hydrogen) atoms.